The zero-order valence-corrected chi connectivity index (χ0v) is 9.88. The van der Waals surface area contributed by atoms with Crippen molar-refractivity contribution in [1.29, 1.82) is 5.41 Å². The normalized spacial score (nSPS) is 17.0. The molecule has 4 heteroatoms. The van der Waals surface area contributed by atoms with Crippen LogP contribution in [-0.2, 0) is 6.54 Å². The van der Waals surface area contributed by atoms with Crippen molar-refractivity contribution in [2.75, 3.05) is 13.1 Å². The summed E-state index contributed by atoms with van der Waals surface area (Å²) in [6, 6.07) is 4.52. The fourth-order valence-electron chi connectivity index (χ4n) is 2.30. The van der Waals surface area contributed by atoms with Crippen molar-refractivity contribution in [2.45, 2.75) is 25.8 Å². The minimum absolute atomic E-state index is 0.0588. The van der Waals surface area contributed by atoms with Gasteiger partial charge in [0.05, 0.1) is 0 Å². The Kier molecular flexibility index (Phi) is 3.74. The Balaban J connectivity index is 2.16. The highest BCUT2D eigenvalue weighted by molar-refractivity contribution is 5.96. The zero-order valence-electron chi connectivity index (χ0n) is 9.88. The Morgan fingerprint density at radius 3 is 2.65 bits per heavy atom. The number of amidine groups is 1. The van der Waals surface area contributed by atoms with Crippen LogP contribution in [0, 0.1) is 11.2 Å². The van der Waals surface area contributed by atoms with Crippen LogP contribution in [-0.4, -0.2) is 23.8 Å². The third kappa shape index (κ3) is 3.03. The van der Waals surface area contributed by atoms with E-state index in [9.17, 15) is 4.39 Å². The molecule has 0 saturated carbocycles. The molecule has 0 aromatic heterocycles. The molecular formula is C13H18FN3. The van der Waals surface area contributed by atoms with Crippen molar-refractivity contribution in [2.24, 2.45) is 5.73 Å². The molecule has 0 atom stereocenters. The molecule has 1 heterocycles. The number of piperidine rings is 1. The standard InChI is InChI=1S/C13H18FN3/c14-11-5-4-10(12(8-11)13(15)16)9-17-6-2-1-3-7-17/h4-5,8H,1-3,6-7,9H2,(H3,15,16). The first kappa shape index (κ1) is 12.0. The van der Waals surface area contributed by atoms with E-state index in [0.29, 0.717) is 5.56 Å². The molecule has 1 saturated heterocycles. The number of hydrogen-bond acceptors (Lipinski definition) is 2. The second kappa shape index (κ2) is 5.27. The summed E-state index contributed by atoms with van der Waals surface area (Å²) in [5, 5.41) is 7.48. The van der Waals surface area contributed by atoms with Gasteiger partial charge < -0.3 is 5.73 Å². The highest BCUT2D eigenvalue weighted by Gasteiger charge is 2.14. The molecule has 1 aromatic rings. The molecule has 1 aliphatic rings. The third-order valence-electron chi connectivity index (χ3n) is 3.20. The lowest BCUT2D eigenvalue weighted by Crippen LogP contribution is -2.30. The van der Waals surface area contributed by atoms with Gasteiger partial charge in [-0.05, 0) is 43.6 Å². The third-order valence-corrected chi connectivity index (χ3v) is 3.20. The van der Waals surface area contributed by atoms with E-state index in [-0.39, 0.29) is 11.7 Å². The smallest absolute Gasteiger partial charge is 0.123 e. The number of halogens is 1. The van der Waals surface area contributed by atoms with Crippen LogP contribution in [0.5, 0.6) is 0 Å². The number of nitrogens with zero attached hydrogens (tertiary/aromatic N) is 1. The van der Waals surface area contributed by atoms with E-state index in [0.717, 1.165) is 25.2 Å². The van der Waals surface area contributed by atoms with Crippen LogP contribution in [0.15, 0.2) is 18.2 Å². The highest BCUT2D eigenvalue weighted by Crippen LogP contribution is 2.17. The van der Waals surface area contributed by atoms with Crippen LogP contribution in [0.1, 0.15) is 30.4 Å². The molecule has 3 N–H and O–H groups in total. The molecule has 1 aliphatic heterocycles. The van der Waals surface area contributed by atoms with Crippen LogP contribution in [0.25, 0.3) is 0 Å². The lowest BCUT2D eigenvalue weighted by molar-refractivity contribution is 0.220. The number of nitrogens with one attached hydrogen (secondary N) is 1. The number of hydrogen-bond donors (Lipinski definition) is 2. The maximum absolute atomic E-state index is 13.1. The predicted octanol–water partition coefficient (Wildman–Crippen LogP) is 2.10. The van der Waals surface area contributed by atoms with Gasteiger partial charge in [0.15, 0.2) is 0 Å². The van der Waals surface area contributed by atoms with E-state index in [1.165, 1.54) is 31.4 Å². The predicted molar refractivity (Wildman–Crippen MR) is 66.5 cm³/mol. The number of likely N-dealkylation sites (tertiary alicyclic amines) is 1. The first-order valence-corrected chi connectivity index (χ1v) is 6.02. The Morgan fingerprint density at radius 1 is 1.29 bits per heavy atom. The van der Waals surface area contributed by atoms with Crippen molar-refractivity contribution in [3.05, 3.63) is 35.1 Å². The second-order valence-corrected chi connectivity index (χ2v) is 4.55. The summed E-state index contributed by atoms with van der Waals surface area (Å²) in [6.45, 7) is 2.92. The van der Waals surface area contributed by atoms with E-state index >= 15 is 0 Å². The van der Waals surface area contributed by atoms with Crippen LogP contribution < -0.4 is 5.73 Å². The molecule has 0 aliphatic carbocycles. The monoisotopic (exact) mass is 235 g/mol. The van der Waals surface area contributed by atoms with Gasteiger partial charge in [0.2, 0.25) is 0 Å². The van der Waals surface area contributed by atoms with Crippen molar-refractivity contribution < 1.29 is 4.39 Å². The summed E-state index contributed by atoms with van der Waals surface area (Å²) in [5.41, 5.74) is 6.96. The van der Waals surface area contributed by atoms with E-state index in [2.05, 4.69) is 4.90 Å². The Bertz CT molecular complexity index is 411. The van der Waals surface area contributed by atoms with Gasteiger partial charge in [-0.1, -0.05) is 12.5 Å². The quantitative estimate of drug-likeness (QED) is 0.622. The van der Waals surface area contributed by atoms with Gasteiger partial charge in [0.1, 0.15) is 11.7 Å². The van der Waals surface area contributed by atoms with E-state index in [1.807, 2.05) is 0 Å². The molecule has 0 amide bonds. The summed E-state index contributed by atoms with van der Waals surface area (Å²) in [5.74, 6) is -0.394. The maximum atomic E-state index is 13.1. The SMILES string of the molecule is N=C(N)c1cc(F)ccc1CN1CCCCC1. The molecule has 1 fully saturated rings. The minimum atomic E-state index is -0.336. The van der Waals surface area contributed by atoms with E-state index in [4.69, 9.17) is 11.1 Å². The molecule has 92 valence electrons. The average molecular weight is 235 g/mol. The van der Waals surface area contributed by atoms with Crippen molar-refractivity contribution >= 4 is 5.84 Å². The number of nitrogens with two attached hydrogens (primary N) is 1. The Hall–Kier alpha value is -1.42. The number of benzene rings is 1. The van der Waals surface area contributed by atoms with Crippen molar-refractivity contribution in [1.82, 2.24) is 4.90 Å². The Morgan fingerprint density at radius 2 is 2.00 bits per heavy atom. The van der Waals surface area contributed by atoms with Gasteiger partial charge in [-0.3, -0.25) is 10.3 Å². The summed E-state index contributed by atoms with van der Waals surface area (Å²) >= 11 is 0. The average Bonchev–Trinajstić information content (AvgIpc) is 2.32. The zero-order chi connectivity index (χ0) is 12.3. The molecule has 3 nitrogen and oxygen atoms in total. The van der Waals surface area contributed by atoms with Crippen molar-refractivity contribution in [3.63, 3.8) is 0 Å². The summed E-state index contributed by atoms with van der Waals surface area (Å²) in [4.78, 5) is 2.34. The molecule has 0 radical (unpaired) electrons. The topological polar surface area (TPSA) is 53.1 Å². The second-order valence-electron chi connectivity index (χ2n) is 4.55. The number of rotatable bonds is 3. The minimum Gasteiger partial charge on any atom is -0.384 e. The summed E-state index contributed by atoms with van der Waals surface area (Å²) in [6.07, 6.45) is 3.73. The molecule has 0 bridgehead atoms. The number of nitrogen functional groups attached to an aromatic ring is 1. The molecule has 0 unspecified atom stereocenters. The molecule has 2 rings (SSSR count). The van der Waals surface area contributed by atoms with Crippen molar-refractivity contribution in [3.8, 4) is 0 Å². The summed E-state index contributed by atoms with van der Waals surface area (Å²) in [7, 11) is 0. The highest BCUT2D eigenvalue weighted by atomic mass is 19.1. The van der Waals surface area contributed by atoms with E-state index < -0.39 is 0 Å². The first-order chi connectivity index (χ1) is 8.16. The fourth-order valence-corrected chi connectivity index (χ4v) is 2.30. The van der Waals surface area contributed by atoms with Gasteiger partial charge in [-0.25, -0.2) is 4.39 Å². The largest absolute Gasteiger partial charge is 0.384 e. The molecule has 1 aromatic carbocycles. The van der Waals surface area contributed by atoms with Crippen LogP contribution in [0.4, 0.5) is 4.39 Å². The lowest BCUT2D eigenvalue weighted by Gasteiger charge is -2.27. The Labute approximate surface area is 101 Å². The van der Waals surface area contributed by atoms with Crippen LogP contribution in [0.2, 0.25) is 0 Å². The van der Waals surface area contributed by atoms with Gasteiger partial charge in [-0.2, -0.15) is 0 Å². The first-order valence-electron chi connectivity index (χ1n) is 6.02. The molecule has 17 heavy (non-hydrogen) atoms. The fraction of sp³-hybridized carbons (Fsp3) is 0.462. The van der Waals surface area contributed by atoms with Gasteiger partial charge in [-0.15, -0.1) is 0 Å². The summed E-state index contributed by atoms with van der Waals surface area (Å²) < 4.78 is 13.1. The van der Waals surface area contributed by atoms with Crippen LogP contribution in [0.3, 0.4) is 0 Å². The van der Waals surface area contributed by atoms with E-state index in [1.54, 1.807) is 6.07 Å². The molecular weight excluding hydrogens is 217 g/mol. The van der Waals surface area contributed by atoms with Gasteiger partial charge in [0.25, 0.3) is 0 Å². The molecule has 0 spiro atoms. The maximum Gasteiger partial charge on any atom is 0.123 e. The van der Waals surface area contributed by atoms with Gasteiger partial charge in [0, 0.05) is 12.1 Å². The van der Waals surface area contributed by atoms with Crippen LogP contribution >= 0.6 is 0 Å². The van der Waals surface area contributed by atoms with Gasteiger partial charge >= 0.3 is 0 Å². The lowest BCUT2D eigenvalue weighted by atomic mass is 10.0.